The molecule has 0 bridgehead atoms. The molecule has 1 aliphatic rings. The summed E-state index contributed by atoms with van der Waals surface area (Å²) in [4.78, 5) is 18.4. The summed E-state index contributed by atoms with van der Waals surface area (Å²) in [5.74, 6) is 0.620. The second kappa shape index (κ2) is 7.77. The molecule has 0 radical (unpaired) electrons. The number of aromatic nitrogens is 1. The van der Waals surface area contributed by atoms with E-state index in [-0.39, 0.29) is 11.9 Å². The third-order valence-electron chi connectivity index (χ3n) is 4.29. The number of nitrogens with two attached hydrogens (primary N) is 1. The normalized spacial score (nSPS) is 18.5. The summed E-state index contributed by atoms with van der Waals surface area (Å²) < 4.78 is 5.77. The van der Waals surface area contributed by atoms with E-state index in [0.717, 1.165) is 42.3 Å². The molecule has 0 spiro atoms. The second-order valence-electron chi connectivity index (χ2n) is 6.22. The van der Waals surface area contributed by atoms with Crippen LogP contribution in [0.2, 0.25) is 0 Å². The van der Waals surface area contributed by atoms with Crippen molar-refractivity contribution >= 4 is 17.2 Å². The van der Waals surface area contributed by atoms with Crippen LogP contribution in [0.3, 0.4) is 0 Å². The van der Waals surface area contributed by atoms with E-state index >= 15 is 0 Å². The highest BCUT2D eigenvalue weighted by Crippen LogP contribution is 2.21. The molecule has 24 heavy (non-hydrogen) atoms. The molecule has 1 atom stereocenters. The zero-order valence-electron chi connectivity index (χ0n) is 13.9. The van der Waals surface area contributed by atoms with E-state index in [9.17, 15) is 4.79 Å². The number of hydrogen-bond donors (Lipinski definition) is 1. The first-order valence-electron chi connectivity index (χ1n) is 8.28. The van der Waals surface area contributed by atoms with Crippen molar-refractivity contribution in [3.8, 4) is 5.75 Å². The van der Waals surface area contributed by atoms with Gasteiger partial charge in [-0.2, -0.15) is 0 Å². The van der Waals surface area contributed by atoms with Crippen molar-refractivity contribution in [2.24, 2.45) is 5.73 Å². The van der Waals surface area contributed by atoms with Gasteiger partial charge >= 0.3 is 0 Å². The molecule has 1 aromatic heterocycles. The minimum Gasteiger partial charge on any atom is -0.486 e. The predicted molar refractivity (Wildman–Crippen MR) is 94.9 cm³/mol. The van der Waals surface area contributed by atoms with Gasteiger partial charge in [-0.1, -0.05) is 24.1 Å². The van der Waals surface area contributed by atoms with Crippen LogP contribution >= 0.6 is 11.3 Å². The van der Waals surface area contributed by atoms with Crippen molar-refractivity contribution in [3.63, 3.8) is 0 Å². The molecule has 1 aromatic carbocycles. The van der Waals surface area contributed by atoms with Gasteiger partial charge < -0.3 is 10.5 Å². The Bertz CT molecular complexity index is 684. The summed E-state index contributed by atoms with van der Waals surface area (Å²) in [6, 6.07) is 7.84. The molecule has 6 heteroatoms. The SMILES string of the molecule is Cc1ccc(OCc2nc(CN3CCCC[C@@H]3C(N)=O)cs2)cc1. The lowest BCUT2D eigenvalue weighted by Crippen LogP contribution is -2.47. The van der Waals surface area contributed by atoms with Crippen LogP contribution in [0.5, 0.6) is 5.75 Å². The highest BCUT2D eigenvalue weighted by atomic mass is 32.1. The fourth-order valence-electron chi connectivity index (χ4n) is 2.98. The van der Waals surface area contributed by atoms with Crippen molar-refractivity contribution in [2.75, 3.05) is 6.54 Å². The maximum absolute atomic E-state index is 11.6. The minimum absolute atomic E-state index is 0.160. The van der Waals surface area contributed by atoms with Gasteiger partial charge in [0, 0.05) is 11.9 Å². The van der Waals surface area contributed by atoms with Gasteiger partial charge in [0.2, 0.25) is 5.91 Å². The average molecular weight is 345 g/mol. The monoisotopic (exact) mass is 345 g/mol. The third kappa shape index (κ3) is 4.33. The van der Waals surface area contributed by atoms with Crippen LogP contribution in [0.15, 0.2) is 29.6 Å². The predicted octanol–water partition coefficient (Wildman–Crippen LogP) is 2.87. The Labute approximate surface area is 146 Å². The van der Waals surface area contributed by atoms with Crippen LogP contribution < -0.4 is 10.5 Å². The Kier molecular flexibility index (Phi) is 5.48. The molecule has 2 aromatic rings. The Morgan fingerprint density at radius 3 is 2.92 bits per heavy atom. The average Bonchev–Trinajstić information content (AvgIpc) is 3.02. The Morgan fingerprint density at radius 1 is 1.38 bits per heavy atom. The van der Waals surface area contributed by atoms with E-state index in [4.69, 9.17) is 10.5 Å². The molecule has 1 saturated heterocycles. The van der Waals surface area contributed by atoms with Crippen LogP contribution in [-0.2, 0) is 17.9 Å². The number of carbonyl (C=O) groups is 1. The van der Waals surface area contributed by atoms with Crippen molar-refractivity contribution in [2.45, 2.75) is 45.4 Å². The smallest absolute Gasteiger partial charge is 0.234 e. The highest BCUT2D eigenvalue weighted by Gasteiger charge is 2.27. The lowest BCUT2D eigenvalue weighted by Gasteiger charge is -2.32. The number of primary amides is 1. The zero-order chi connectivity index (χ0) is 16.9. The molecule has 1 amide bonds. The Balaban J connectivity index is 1.56. The number of nitrogens with zero attached hydrogens (tertiary/aromatic N) is 2. The number of hydrogen-bond acceptors (Lipinski definition) is 5. The van der Waals surface area contributed by atoms with E-state index in [0.29, 0.717) is 13.2 Å². The lowest BCUT2D eigenvalue weighted by molar-refractivity contribution is -0.124. The van der Waals surface area contributed by atoms with E-state index in [1.165, 1.54) is 5.56 Å². The fraction of sp³-hybridized carbons (Fsp3) is 0.444. The van der Waals surface area contributed by atoms with Crippen LogP contribution in [0.25, 0.3) is 0 Å². The molecule has 2 N–H and O–H groups in total. The number of ether oxygens (including phenoxy) is 1. The topological polar surface area (TPSA) is 68.4 Å². The molecule has 128 valence electrons. The van der Waals surface area contributed by atoms with Gasteiger partial charge in [-0.25, -0.2) is 4.98 Å². The molecule has 0 saturated carbocycles. The summed E-state index contributed by atoms with van der Waals surface area (Å²) in [7, 11) is 0. The first-order valence-corrected chi connectivity index (χ1v) is 9.16. The van der Waals surface area contributed by atoms with Gasteiger partial charge in [-0.3, -0.25) is 9.69 Å². The summed E-state index contributed by atoms with van der Waals surface area (Å²) >= 11 is 1.59. The van der Waals surface area contributed by atoms with Crippen molar-refractivity contribution in [1.82, 2.24) is 9.88 Å². The van der Waals surface area contributed by atoms with E-state index in [1.807, 2.05) is 29.6 Å². The minimum atomic E-state index is -0.229. The standard InChI is InChI=1S/C18H23N3O2S/c1-13-5-7-15(8-6-13)23-11-17-20-14(12-24-17)10-21-9-3-2-4-16(21)18(19)22/h5-8,12,16H,2-4,9-11H2,1H3,(H2,19,22)/t16-/m1/s1. The molecular weight excluding hydrogens is 322 g/mol. The van der Waals surface area contributed by atoms with Crippen LogP contribution in [0.1, 0.15) is 35.5 Å². The van der Waals surface area contributed by atoms with Gasteiger partial charge in [0.25, 0.3) is 0 Å². The van der Waals surface area contributed by atoms with Gasteiger partial charge in [0.05, 0.1) is 11.7 Å². The molecule has 0 unspecified atom stereocenters. The molecular formula is C18H23N3O2S. The molecule has 1 fully saturated rings. The number of aryl methyl sites for hydroxylation is 1. The highest BCUT2D eigenvalue weighted by molar-refractivity contribution is 7.09. The summed E-state index contributed by atoms with van der Waals surface area (Å²) in [6.07, 6.45) is 3.02. The number of thiazole rings is 1. The van der Waals surface area contributed by atoms with E-state index in [1.54, 1.807) is 11.3 Å². The van der Waals surface area contributed by atoms with Crippen LogP contribution in [0.4, 0.5) is 0 Å². The first-order chi connectivity index (χ1) is 11.6. The third-order valence-corrected chi connectivity index (χ3v) is 5.16. The van der Waals surface area contributed by atoms with Crippen LogP contribution in [-0.4, -0.2) is 28.4 Å². The van der Waals surface area contributed by atoms with Gasteiger partial charge in [0.1, 0.15) is 17.4 Å². The zero-order valence-corrected chi connectivity index (χ0v) is 14.7. The number of likely N-dealkylation sites (tertiary alicyclic amines) is 1. The van der Waals surface area contributed by atoms with Crippen molar-refractivity contribution in [1.29, 1.82) is 0 Å². The molecule has 3 rings (SSSR count). The van der Waals surface area contributed by atoms with Crippen LogP contribution in [0, 0.1) is 6.92 Å². The largest absolute Gasteiger partial charge is 0.486 e. The molecule has 2 heterocycles. The molecule has 0 aliphatic carbocycles. The second-order valence-corrected chi connectivity index (χ2v) is 7.16. The number of piperidine rings is 1. The lowest BCUT2D eigenvalue weighted by atomic mass is 10.0. The fourth-order valence-corrected chi connectivity index (χ4v) is 3.67. The summed E-state index contributed by atoms with van der Waals surface area (Å²) in [6.45, 7) is 4.10. The van der Waals surface area contributed by atoms with E-state index in [2.05, 4.69) is 16.8 Å². The molecule has 5 nitrogen and oxygen atoms in total. The first kappa shape index (κ1) is 16.9. The van der Waals surface area contributed by atoms with Gasteiger partial charge in [0.15, 0.2) is 0 Å². The quantitative estimate of drug-likeness (QED) is 0.874. The maximum Gasteiger partial charge on any atom is 0.234 e. The summed E-state index contributed by atoms with van der Waals surface area (Å²) in [5.41, 5.74) is 7.72. The number of carbonyl (C=O) groups excluding carboxylic acids is 1. The molecule has 1 aliphatic heterocycles. The van der Waals surface area contributed by atoms with E-state index < -0.39 is 0 Å². The van der Waals surface area contributed by atoms with Crippen molar-refractivity contribution in [3.05, 3.63) is 45.9 Å². The van der Waals surface area contributed by atoms with Gasteiger partial charge in [-0.05, 0) is 38.4 Å². The number of amides is 1. The maximum atomic E-state index is 11.6. The Morgan fingerprint density at radius 2 is 2.17 bits per heavy atom. The van der Waals surface area contributed by atoms with Crippen molar-refractivity contribution < 1.29 is 9.53 Å². The number of benzene rings is 1. The Hall–Kier alpha value is -1.92. The van der Waals surface area contributed by atoms with Gasteiger partial charge in [-0.15, -0.1) is 11.3 Å². The summed E-state index contributed by atoms with van der Waals surface area (Å²) in [5, 5.41) is 2.98. The number of rotatable bonds is 6.